The zero-order valence-corrected chi connectivity index (χ0v) is 23.6. The number of ether oxygens (including phenoxy) is 1. The number of benzene rings is 1. The molecular weight excluding hydrogens is 482 g/mol. The van der Waals surface area contributed by atoms with Crippen molar-refractivity contribution in [2.45, 2.75) is 75.6 Å². The second kappa shape index (κ2) is 11.5. The molecular formula is C22H38NO7S2Si. The molecule has 0 saturated carbocycles. The molecule has 0 fully saturated rings. The molecule has 0 aliphatic heterocycles. The zero-order chi connectivity index (χ0) is 25.8. The van der Waals surface area contributed by atoms with Gasteiger partial charge in [0.25, 0.3) is 0 Å². The standard InChI is InChI=1S/C22H38NO7S2Si/c1-21(2,3)19(30-33(8)9)17(24)14-31-22(4,5)18(20(25)26)23(6)32(27,28)16-12-10-15(29-7)11-13-16/h10-13,17-19,24H,14H2,1-9H3,(H,25,26)/t17-,18+,19?/m1/s1. The van der Waals surface area contributed by atoms with E-state index >= 15 is 0 Å². The van der Waals surface area contributed by atoms with Crippen molar-refractivity contribution in [3.63, 3.8) is 0 Å². The van der Waals surface area contributed by atoms with E-state index in [1.54, 1.807) is 13.8 Å². The number of sulfonamides is 1. The third kappa shape index (κ3) is 7.96. The quantitative estimate of drug-likeness (QED) is 0.404. The summed E-state index contributed by atoms with van der Waals surface area (Å²) in [6, 6.07) is 4.42. The van der Waals surface area contributed by atoms with Gasteiger partial charge >= 0.3 is 5.97 Å². The van der Waals surface area contributed by atoms with Gasteiger partial charge in [-0.2, -0.15) is 16.1 Å². The summed E-state index contributed by atoms with van der Waals surface area (Å²) in [5.41, 5.74) is -0.313. The van der Waals surface area contributed by atoms with E-state index in [1.165, 1.54) is 50.2 Å². The fourth-order valence-corrected chi connectivity index (χ4v) is 7.22. The summed E-state index contributed by atoms with van der Waals surface area (Å²) in [6.07, 6.45) is -1.26. The number of hydrogen-bond donors (Lipinski definition) is 2. The lowest BCUT2D eigenvalue weighted by Crippen LogP contribution is -2.54. The third-order valence-electron chi connectivity index (χ3n) is 5.18. The Kier molecular flexibility index (Phi) is 10.5. The molecule has 0 bridgehead atoms. The van der Waals surface area contributed by atoms with Gasteiger partial charge in [0.1, 0.15) is 11.8 Å². The Morgan fingerprint density at radius 1 is 1.15 bits per heavy atom. The van der Waals surface area contributed by atoms with Gasteiger partial charge in [0.15, 0.2) is 0 Å². The zero-order valence-electron chi connectivity index (χ0n) is 20.9. The molecule has 1 aromatic rings. The largest absolute Gasteiger partial charge is 0.497 e. The Morgan fingerprint density at radius 3 is 2.06 bits per heavy atom. The van der Waals surface area contributed by atoms with Crippen LogP contribution < -0.4 is 4.74 Å². The van der Waals surface area contributed by atoms with E-state index in [0.29, 0.717) is 5.75 Å². The molecule has 189 valence electrons. The Labute approximate surface area is 204 Å². The maximum Gasteiger partial charge on any atom is 0.323 e. The van der Waals surface area contributed by atoms with Crippen molar-refractivity contribution >= 4 is 36.8 Å². The van der Waals surface area contributed by atoms with E-state index in [-0.39, 0.29) is 16.1 Å². The van der Waals surface area contributed by atoms with Crippen molar-refractivity contribution in [3.05, 3.63) is 24.3 Å². The molecule has 1 rings (SSSR count). The van der Waals surface area contributed by atoms with E-state index in [0.717, 1.165) is 4.31 Å². The maximum atomic E-state index is 13.2. The molecule has 2 N–H and O–H groups in total. The van der Waals surface area contributed by atoms with Gasteiger partial charge < -0.3 is 19.4 Å². The first-order valence-corrected chi connectivity index (χ1v) is 15.4. The molecule has 3 atom stereocenters. The second-order valence-corrected chi connectivity index (χ2v) is 15.5. The fourth-order valence-electron chi connectivity index (χ4n) is 3.50. The Bertz CT molecular complexity index is 883. The van der Waals surface area contributed by atoms with E-state index in [2.05, 4.69) is 0 Å². The Morgan fingerprint density at radius 2 is 1.67 bits per heavy atom. The summed E-state index contributed by atoms with van der Waals surface area (Å²) >= 11 is 1.21. The number of carboxylic acids is 1. The van der Waals surface area contributed by atoms with Crippen molar-refractivity contribution in [2.24, 2.45) is 5.41 Å². The SMILES string of the molecule is COc1ccc(S(=O)(=O)N(C)[C@@H](C(=O)O)C(C)(C)SC[C@@H](O)C(O[Si](C)C)C(C)(C)C)cc1. The third-order valence-corrected chi connectivity index (χ3v) is 9.22. The van der Waals surface area contributed by atoms with Gasteiger partial charge in [-0.15, -0.1) is 0 Å². The summed E-state index contributed by atoms with van der Waals surface area (Å²) in [4.78, 5) is 12.2. The molecule has 1 radical (unpaired) electrons. The maximum absolute atomic E-state index is 13.2. The lowest BCUT2D eigenvalue weighted by atomic mass is 9.86. The lowest BCUT2D eigenvalue weighted by Gasteiger charge is -2.39. The lowest BCUT2D eigenvalue weighted by molar-refractivity contribution is -0.142. The van der Waals surface area contributed by atoms with Gasteiger partial charge in [0.2, 0.25) is 19.1 Å². The first kappa shape index (κ1) is 29.9. The van der Waals surface area contributed by atoms with Crippen LogP contribution in [0.3, 0.4) is 0 Å². The van der Waals surface area contributed by atoms with Crippen LogP contribution in [0.2, 0.25) is 13.1 Å². The number of hydrogen-bond acceptors (Lipinski definition) is 7. The average Bonchev–Trinajstić information content (AvgIpc) is 2.68. The van der Waals surface area contributed by atoms with E-state index in [1.807, 2.05) is 33.9 Å². The number of thioether (sulfide) groups is 1. The molecule has 11 heteroatoms. The van der Waals surface area contributed by atoms with E-state index in [4.69, 9.17) is 9.16 Å². The summed E-state index contributed by atoms with van der Waals surface area (Å²) in [7, 11) is -2.42. The first-order chi connectivity index (χ1) is 14.9. The summed E-state index contributed by atoms with van der Waals surface area (Å²) in [5, 5.41) is 20.9. The monoisotopic (exact) mass is 520 g/mol. The minimum Gasteiger partial charge on any atom is -0.497 e. The molecule has 8 nitrogen and oxygen atoms in total. The van der Waals surface area contributed by atoms with Gasteiger partial charge in [-0.25, -0.2) is 8.42 Å². The second-order valence-electron chi connectivity index (χ2n) is 9.73. The van der Waals surface area contributed by atoms with Crippen molar-refractivity contribution < 1.29 is 32.6 Å². The minimum atomic E-state index is -4.08. The molecule has 0 saturated heterocycles. The van der Waals surface area contributed by atoms with E-state index < -0.39 is 48.0 Å². The van der Waals surface area contributed by atoms with Gasteiger partial charge in [-0.05, 0) is 56.6 Å². The van der Waals surface area contributed by atoms with Crippen LogP contribution in [0.15, 0.2) is 29.2 Å². The van der Waals surface area contributed by atoms with Crippen LogP contribution >= 0.6 is 11.8 Å². The smallest absolute Gasteiger partial charge is 0.323 e. The molecule has 0 spiro atoms. The summed E-state index contributed by atoms with van der Waals surface area (Å²) in [5.74, 6) is -0.571. The fraction of sp³-hybridized carbons (Fsp3) is 0.682. The van der Waals surface area contributed by atoms with Gasteiger partial charge in [0, 0.05) is 17.5 Å². The Balaban J connectivity index is 3.14. The number of methoxy groups -OCH3 is 1. The number of aliphatic hydroxyl groups is 1. The normalized spacial score (nSPS) is 16.0. The van der Waals surface area contributed by atoms with Crippen LogP contribution in [-0.4, -0.2) is 80.9 Å². The number of nitrogens with zero attached hydrogens (tertiary/aromatic N) is 1. The molecule has 0 aliphatic carbocycles. The van der Waals surface area contributed by atoms with Gasteiger partial charge in [-0.1, -0.05) is 20.8 Å². The number of likely N-dealkylation sites (N-methyl/N-ethyl adjacent to an activating group) is 1. The highest BCUT2D eigenvalue weighted by molar-refractivity contribution is 8.00. The highest BCUT2D eigenvalue weighted by Crippen LogP contribution is 2.36. The first-order valence-electron chi connectivity index (χ1n) is 10.6. The van der Waals surface area contributed by atoms with Crippen LogP contribution in [0.4, 0.5) is 0 Å². The number of carboxylic acid groups (broad SMARTS) is 1. The van der Waals surface area contributed by atoms with E-state index in [9.17, 15) is 23.4 Å². The molecule has 0 heterocycles. The highest BCUT2D eigenvalue weighted by Gasteiger charge is 2.45. The van der Waals surface area contributed by atoms with Crippen molar-refractivity contribution in [1.29, 1.82) is 0 Å². The Hall–Kier alpha value is -1.11. The molecule has 0 aliphatic rings. The highest BCUT2D eigenvalue weighted by atomic mass is 32.2. The van der Waals surface area contributed by atoms with Crippen molar-refractivity contribution in [2.75, 3.05) is 19.9 Å². The molecule has 1 unspecified atom stereocenters. The number of carbonyl (C=O) groups is 1. The average molecular weight is 521 g/mol. The predicted octanol–water partition coefficient (Wildman–Crippen LogP) is 3.32. The van der Waals surface area contributed by atoms with Crippen molar-refractivity contribution in [1.82, 2.24) is 4.31 Å². The van der Waals surface area contributed by atoms with Crippen LogP contribution in [0.25, 0.3) is 0 Å². The number of aliphatic carboxylic acids is 1. The van der Waals surface area contributed by atoms with Crippen LogP contribution in [0.1, 0.15) is 34.6 Å². The molecule has 0 aromatic heterocycles. The molecule has 0 amide bonds. The predicted molar refractivity (Wildman–Crippen MR) is 134 cm³/mol. The van der Waals surface area contributed by atoms with Gasteiger partial charge in [0.05, 0.1) is 24.2 Å². The van der Waals surface area contributed by atoms with Crippen LogP contribution in [0, 0.1) is 5.41 Å². The number of rotatable bonds is 12. The van der Waals surface area contributed by atoms with Gasteiger partial charge in [-0.3, -0.25) is 4.79 Å². The summed E-state index contributed by atoms with van der Waals surface area (Å²) < 4.78 is 37.3. The summed E-state index contributed by atoms with van der Waals surface area (Å²) in [6.45, 7) is 13.3. The number of aliphatic hydroxyl groups excluding tert-OH is 1. The topological polar surface area (TPSA) is 113 Å². The van der Waals surface area contributed by atoms with Crippen molar-refractivity contribution in [3.8, 4) is 5.75 Å². The van der Waals surface area contributed by atoms with Crippen LogP contribution in [-0.2, 0) is 19.2 Å². The molecule has 33 heavy (non-hydrogen) atoms. The van der Waals surface area contributed by atoms with Crippen LogP contribution in [0.5, 0.6) is 5.75 Å². The molecule has 1 aromatic carbocycles. The minimum absolute atomic E-state index is 0.0281.